The number of fused-ring (bicyclic) bond motifs is 3. The quantitative estimate of drug-likeness (QED) is 0.798. The van der Waals surface area contributed by atoms with Crippen LogP contribution >= 0.6 is 0 Å². The molecule has 0 aromatic rings. The molecule has 4 aliphatic rings. The molecule has 3 aliphatic heterocycles. The number of carbonyl (C=O) groups excluding carboxylic acids is 2. The molecule has 3 saturated heterocycles. The molecular formula is C20H32O7. The minimum atomic E-state index is -0.510. The van der Waals surface area contributed by atoms with Crippen molar-refractivity contribution < 1.29 is 33.6 Å². The van der Waals surface area contributed by atoms with Crippen LogP contribution in [-0.4, -0.2) is 59.8 Å². The summed E-state index contributed by atoms with van der Waals surface area (Å²) in [6.07, 6.45) is 8.49. The molecule has 0 aromatic carbocycles. The topological polar surface area (TPSA) is 91.3 Å². The highest BCUT2D eigenvalue weighted by Gasteiger charge is 2.60. The third-order valence-electron chi connectivity index (χ3n) is 6.36. The molecule has 1 spiro atoms. The Kier molecular flexibility index (Phi) is 7.06. The van der Waals surface area contributed by atoms with Crippen LogP contribution in [0.15, 0.2) is 0 Å². The van der Waals surface area contributed by atoms with Crippen LogP contribution in [0.4, 0.5) is 0 Å². The maximum absolute atomic E-state index is 10.5. The van der Waals surface area contributed by atoms with E-state index >= 15 is 0 Å². The SMILES string of the molecule is CC[C@H]1CC[C@@H]2O[C@@H]([C@H](O)CC)C3OC4(CCCCC4)O[C@H]3[C@H]2O1.O=C=O. The number of aliphatic hydroxyl groups is 1. The molecule has 0 amide bonds. The second-order valence-corrected chi connectivity index (χ2v) is 8.04. The van der Waals surface area contributed by atoms with Crippen LogP contribution in [0.5, 0.6) is 0 Å². The Morgan fingerprint density at radius 1 is 1.00 bits per heavy atom. The number of aliphatic hydroxyl groups excluding tert-OH is 1. The van der Waals surface area contributed by atoms with Crippen molar-refractivity contribution in [3.8, 4) is 0 Å². The molecule has 1 saturated carbocycles. The van der Waals surface area contributed by atoms with Gasteiger partial charge in [-0.05, 0) is 38.5 Å². The molecule has 27 heavy (non-hydrogen) atoms. The number of ether oxygens (including phenoxy) is 4. The molecule has 7 heteroatoms. The van der Waals surface area contributed by atoms with E-state index < -0.39 is 11.9 Å². The van der Waals surface area contributed by atoms with Gasteiger partial charge in [0.25, 0.3) is 0 Å². The van der Waals surface area contributed by atoms with E-state index in [1.807, 2.05) is 6.92 Å². The lowest BCUT2D eigenvalue weighted by Gasteiger charge is -2.47. The van der Waals surface area contributed by atoms with Crippen LogP contribution in [0, 0.1) is 0 Å². The van der Waals surface area contributed by atoms with Gasteiger partial charge in [-0.1, -0.05) is 20.3 Å². The van der Waals surface area contributed by atoms with Gasteiger partial charge in [-0.15, -0.1) is 0 Å². The summed E-state index contributed by atoms with van der Waals surface area (Å²) >= 11 is 0. The number of hydrogen-bond acceptors (Lipinski definition) is 7. The van der Waals surface area contributed by atoms with Gasteiger partial charge in [0.05, 0.1) is 18.3 Å². The Morgan fingerprint density at radius 3 is 2.30 bits per heavy atom. The molecule has 0 radical (unpaired) electrons. The molecule has 154 valence electrons. The molecule has 1 N–H and O–H groups in total. The van der Waals surface area contributed by atoms with Gasteiger partial charge in [-0.2, -0.15) is 9.59 Å². The van der Waals surface area contributed by atoms with Gasteiger partial charge in [0.2, 0.25) is 0 Å². The van der Waals surface area contributed by atoms with Crippen LogP contribution < -0.4 is 0 Å². The van der Waals surface area contributed by atoms with E-state index in [0.29, 0.717) is 6.42 Å². The second kappa shape index (κ2) is 9.12. The molecule has 1 aliphatic carbocycles. The fourth-order valence-corrected chi connectivity index (χ4v) is 4.94. The van der Waals surface area contributed by atoms with Gasteiger partial charge in [0, 0.05) is 12.8 Å². The molecule has 0 bridgehead atoms. The lowest BCUT2D eigenvalue weighted by Crippen LogP contribution is -2.62. The van der Waals surface area contributed by atoms with Crippen molar-refractivity contribution in [3.63, 3.8) is 0 Å². The highest BCUT2D eigenvalue weighted by molar-refractivity contribution is 5.20. The van der Waals surface area contributed by atoms with Crippen molar-refractivity contribution >= 4 is 6.15 Å². The summed E-state index contributed by atoms with van der Waals surface area (Å²) in [5.41, 5.74) is 0. The average molecular weight is 384 g/mol. The Hall–Kier alpha value is -0.820. The largest absolute Gasteiger partial charge is 0.390 e. The van der Waals surface area contributed by atoms with Gasteiger partial charge in [0.15, 0.2) is 5.79 Å². The minimum absolute atomic E-state index is 0.0163. The Morgan fingerprint density at radius 2 is 1.67 bits per heavy atom. The monoisotopic (exact) mass is 384 g/mol. The van der Waals surface area contributed by atoms with Crippen LogP contribution in [0.2, 0.25) is 0 Å². The third kappa shape index (κ3) is 4.29. The summed E-state index contributed by atoms with van der Waals surface area (Å²) in [6.45, 7) is 4.16. The first-order valence-electron chi connectivity index (χ1n) is 10.4. The van der Waals surface area contributed by atoms with Crippen molar-refractivity contribution in [1.29, 1.82) is 0 Å². The first-order chi connectivity index (χ1) is 13.1. The van der Waals surface area contributed by atoms with E-state index in [0.717, 1.165) is 44.9 Å². The van der Waals surface area contributed by atoms with Crippen molar-refractivity contribution in [1.82, 2.24) is 0 Å². The molecule has 0 aromatic heterocycles. The summed E-state index contributed by atoms with van der Waals surface area (Å²) in [7, 11) is 0. The molecule has 7 atom stereocenters. The fourth-order valence-electron chi connectivity index (χ4n) is 4.94. The number of rotatable bonds is 3. The Balaban J connectivity index is 0.000000659. The zero-order chi connectivity index (χ0) is 19.4. The molecular weight excluding hydrogens is 352 g/mol. The Labute approximate surface area is 160 Å². The third-order valence-corrected chi connectivity index (χ3v) is 6.36. The molecule has 7 nitrogen and oxygen atoms in total. The lowest BCUT2D eigenvalue weighted by atomic mass is 9.87. The highest BCUT2D eigenvalue weighted by atomic mass is 16.8. The zero-order valence-corrected chi connectivity index (χ0v) is 16.3. The van der Waals surface area contributed by atoms with Gasteiger partial charge >= 0.3 is 6.15 Å². The van der Waals surface area contributed by atoms with Crippen molar-refractivity contribution in [2.24, 2.45) is 0 Å². The van der Waals surface area contributed by atoms with Gasteiger partial charge < -0.3 is 24.1 Å². The predicted molar refractivity (Wildman–Crippen MR) is 93.7 cm³/mol. The predicted octanol–water partition coefficient (Wildman–Crippen LogP) is 2.34. The maximum Gasteiger partial charge on any atom is 0.373 e. The maximum atomic E-state index is 10.5. The molecule has 1 unspecified atom stereocenters. The van der Waals surface area contributed by atoms with E-state index in [1.54, 1.807) is 0 Å². The summed E-state index contributed by atoms with van der Waals surface area (Å²) in [4.78, 5) is 16.2. The van der Waals surface area contributed by atoms with Gasteiger partial charge in [-0.25, -0.2) is 0 Å². The van der Waals surface area contributed by atoms with Gasteiger partial charge in [0.1, 0.15) is 24.4 Å². The van der Waals surface area contributed by atoms with Crippen LogP contribution in [-0.2, 0) is 28.5 Å². The van der Waals surface area contributed by atoms with Gasteiger partial charge in [-0.3, -0.25) is 0 Å². The van der Waals surface area contributed by atoms with E-state index in [-0.39, 0.29) is 42.8 Å². The van der Waals surface area contributed by atoms with Crippen LogP contribution in [0.1, 0.15) is 71.6 Å². The highest BCUT2D eigenvalue weighted by Crippen LogP contribution is 2.47. The lowest BCUT2D eigenvalue weighted by molar-refractivity contribution is -0.253. The zero-order valence-electron chi connectivity index (χ0n) is 16.3. The van der Waals surface area contributed by atoms with Crippen LogP contribution in [0.25, 0.3) is 0 Å². The van der Waals surface area contributed by atoms with E-state index in [2.05, 4.69) is 6.92 Å². The van der Waals surface area contributed by atoms with Crippen molar-refractivity contribution in [3.05, 3.63) is 0 Å². The molecule has 4 rings (SSSR count). The smallest absolute Gasteiger partial charge is 0.373 e. The number of hydrogen-bond donors (Lipinski definition) is 1. The first kappa shape index (κ1) is 20.9. The summed E-state index contributed by atoms with van der Waals surface area (Å²) < 4.78 is 25.6. The standard InChI is InChI=1S/C19H32O5.CO2/c1-3-12-8-9-14-16(21-12)18-17(15(22-14)13(20)4-2)23-19(24-18)10-6-5-7-11-19;2-1-3/h12-18,20H,3-11H2,1-2H3;/t12-,13+,14-,15-,16-,17?,18-;/m0./s1. The van der Waals surface area contributed by atoms with Crippen molar-refractivity contribution in [2.45, 2.75) is 120 Å². The minimum Gasteiger partial charge on any atom is -0.390 e. The van der Waals surface area contributed by atoms with E-state index in [9.17, 15) is 5.11 Å². The van der Waals surface area contributed by atoms with Crippen LogP contribution in [0.3, 0.4) is 0 Å². The normalized spacial score (nSPS) is 40.9. The fraction of sp³-hybridized carbons (Fsp3) is 0.950. The summed E-state index contributed by atoms with van der Waals surface area (Å²) in [5.74, 6) is -0.472. The van der Waals surface area contributed by atoms with Crippen molar-refractivity contribution in [2.75, 3.05) is 0 Å². The average Bonchev–Trinajstić information content (AvgIpc) is 3.06. The van der Waals surface area contributed by atoms with E-state index in [4.69, 9.17) is 28.5 Å². The molecule has 4 fully saturated rings. The summed E-state index contributed by atoms with van der Waals surface area (Å²) in [5, 5.41) is 10.5. The first-order valence-corrected chi connectivity index (χ1v) is 10.4. The summed E-state index contributed by atoms with van der Waals surface area (Å²) in [6, 6.07) is 0. The Bertz CT molecular complexity index is 512. The molecule has 3 heterocycles. The van der Waals surface area contributed by atoms with E-state index in [1.165, 1.54) is 6.42 Å². The second-order valence-electron chi connectivity index (χ2n) is 8.04.